The smallest absolute Gasteiger partial charge is 0.302 e. The summed E-state index contributed by atoms with van der Waals surface area (Å²) in [4.78, 5) is 21.9. The maximum absolute atomic E-state index is 13.3. The standard InChI is InChI=1S/C12H10F2N2O2/c13-8-2-4-10(14)7(5-8)1-3-9-6-11(17)12(18)16-15-9/h2,4-6H,1,3H2,(H,15,17)(H,16,18). The Morgan fingerprint density at radius 1 is 1.00 bits per heavy atom. The highest BCUT2D eigenvalue weighted by Crippen LogP contribution is 2.11. The number of aromatic amines is 2. The predicted octanol–water partition coefficient (Wildman–Crippen LogP) is 1.13. The molecule has 0 radical (unpaired) electrons. The summed E-state index contributed by atoms with van der Waals surface area (Å²) in [6, 6.07) is 4.36. The molecular weight excluding hydrogens is 242 g/mol. The van der Waals surface area contributed by atoms with Crippen LogP contribution >= 0.6 is 0 Å². The van der Waals surface area contributed by atoms with Crippen molar-refractivity contribution in [3.63, 3.8) is 0 Å². The molecule has 2 aromatic rings. The molecule has 4 nitrogen and oxygen atoms in total. The summed E-state index contributed by atoms with van der Waals surface area (Å²) in [6.45, 7) is 0. The molecule has 0 bridgehead atoms. The summed E-state index contributed by atoms with van der Waals surface area (Å²) < 4.78 is 26.2. The molecule has 1 aromatic heterocycles. The van der Waals surface area contributed by atoms with Crippen molar-refractivity contribution >= 4 is 0 Å². The van der Waals surface area contributed by atoms with Gasteiger partial charge in [-0.1, -0.05) is 0 Å². The quantitative estimate of drug-likeness (QED) is 0.804. The zero-order chi connectivity index (χ0) is 13.1. The van der Waals surface area contributed by atoms with Crippen LogP contribution in [-0.4, -0.2) is 10.2 Å². The van der Waals surface area contributed by atoms with Gasteiger partial charge >= 0.3 is 5.56 Å². The van der Waals surface area contributed by atoms with E-state index in [1.807, 2.05) is 0 Å². The van der Waals surface area contributed by atoms with E-state index in [1.165, 1.54) is 0 Å². The molecule has 0 atom stereocenters. The Balaban J connectivity index is 2.16. The van der Waals surface area contributed by atoms with Crippen molar-refractivity contribution in [2.75, 3.05) is 0 Å². The molecule has 0 fully saturated rings. The number of hydrogen-bond donors (Lipinski definition) is 2. The van der Waals surface area contributed by atoms with Gasteiger partial charge in [-0.2, -0.15) is 0 Å². The van der Waals surface area contributed by atoms with Crippen LogP contribution in [0, 0.1) is 11.6 Å². The SMILES string of the molecule is O=c1cc(CCc2cc(F)ccc2F)[nH][nH]c1=O. The van der Waals surface area contributed by atoms with Crippen molar-refractivity contribution in [2.24, 2.45) is 0 Å². The molecular formula is C12H10F2N2O2. The predicted molar refractivity (Wildman–Crippen MR) is 61.4 cm³/mol. The third-order valence-corrected chi connectivity index (χ3v) is 2.54. The van der Waals surface area contributed by atoms with Crippen molar-refractivity contribution in [3.05, 3.63) is 67.7 Å². The first-order valence-corrected chi connectivity index (χ1v) is 5.31. The van der Waals surface area contributed by atoms with Crippen LogP contribution in [0.4, 0.5) is 8.78 Å². The van der Waals surface area contributed by atoms with Gasteiger partial charge in [0.05, 0.1) is 0 Å². The number of hydrogen-bond acceptors (Lipinski definition) is 2. The van der Waals surface area contributed by atoms with Gasteiger partial charge in [-0.3, -0.25) is 14.7 Å². The fraction of sp³-hybridized carbons (Fsp3) is 0.167. The van der Waals surface area contributed by atoms with Crippen LogP contribution in [0.2, 0.25) is 0 Å². The normalized spacial score (nSPS) is 10.6. The number of H-pyrrole nitrogens is 2. The van der Waals surface area contributed by atoms with E-state index in [9.17, 15) is 18.4 Å². The first-order valence-electron chi connectivity index (χ1n) is 5.31. The lowest BCUT2D eigenvalue weighted by Crippen LogP contribution is -2.27. The third kappa shape index (κ3) is 2.71. The monoisotopic (exact) mass is 252 g/mol. The number of halogens is 2. The molecule has 0 aliphatic heterocycles. The lowest BCUT2D eigenvalue weighted by Gasteiger charge is -2.03. The highest BCUT2D eigenvalue weighted by atomic mass is 19.1. The molecule has 0 unspecified atom stereocenters. The first kappa shape index (κ1) is 12.2. The maximum Gasteiger partial charge on any atom is 0.310 e. The van der Waals surface area contributed by atoms with Gasteiger partial charge in [0.25, 0.3) is 0 Å². The van der Waals surface area contributed by atoms with Crippen LogP contribution in [0.5, 0.6) is 0 Å². The topological polar surface area (TPSA) is 65.7 Å². The maximum atomic E-state index is 13.3. The van der Waals surface area contributed by atoms with E-state index < -0.39 is 22.6 Å². The summed E-state index contributed by atoms with van der Waals surface area (Å²) in [5.74, 6) is -1.01. The Kier molecular flexibility index (Phi) is 3.36. The van der Waals surface area contributed by atoms with E-state index in [0.717, 1.165) is 24.3 Å². The highest BCUT2D eigenvalue weighted by molar-refractivity contribution is 5.20. The average Bonchev–Trinajstić information content (AvgIpc) is 2.34. The van der Waals surface area contributed by atoms with Crippen molar-refractivity contribution in [2.45, 2.75) is 12.8 Å². The Labute approximate surface area is 100 Å². The van der Waals surface area contributed by atoms with Crippen LogP contribution in [0.1, 0.15) is 11.3 Å². The minimum absolute atomic E-state index is 0.224. The van der Waals surface area contributed by atoms with Gasteiger partial charge in [-0.05, 0) is 36.6 Å². The molecule has 0 saturated heterocycles. The minimum Gasteiger partial charge on any atom is -0.302 e. The summed E-state index contributed by atoms with van der Waals surface area (Å²) >= 11 is 0. The van der Waals surface area contributed by atoms with Gasteiger partial charge < -0.3 is 5.10 Å². The fourth-order valence-electron chi connectivity index (χ4n) is 1.60. The third-order valence-electron chi connectivity index (χ3n) is 2.54. The van der Waals surface area contributed by atoms with Crippen LogP contribution < -0.4 is 11.0 Å². The van der Waals surface area contributed by atoms with Gasteiger partial charge in [0.2, 0.25) is 5.43 Å². The van der Waals surface area contributed by atoms with Crippen molar-refractivity contribution < 1.29 is 8.78 Å². The second kappa shape index (κ2) is 4.95. The Morgan fingerprint density at radius 3 is 2.50 bits per heavy atom. The molecule has 0 aliphatic rings. The second-order valence-corrected chi connectivity index (χ2v) is 3.85. The Morgan fingerprint density at radius 2 is 1.78 bits per heavy atom. The lowest BCUT2D eigenvalue weighted by atomic mass is 10.1. The Hall–Kier alpha value is -2.24. The van der Waals surface area contributed by atoms with E-state index in [2.05, 4.69) is 10.2 Å². The van der Waals surface area contributed by atoms with Gasteiger partial charge in [0, 0.05) is 11.8 Å². The zero-order valence-electron chi connectivity index (χ0n) is 9.30. The van der Waals surface area contributed by atoms with Gasteiger partial charge in [-0.25, -0.2) is 8.78 Å². The number of nitrogens with one attached hydrogen (secondary N) is 2. The minimum atomic E-state index is -0.740. The van der Waals surface area contributed by atoms with Crippen molar-refractivity contribution in [1.82, 2.24) is 10.2 Å². The number of benzene rings is 1. The van der Waals surface area contributed by atoms with Crippen molar-refractivity contribution in [1.29, 1.82) is 0 Å². The summed E-state index contributed by atoms with van der Waals surface area (Å²) in [5.41, 5.74) is -0.718. The molecule has 18 heavy (non-hydrogen) atoms. The molecule has 0 amide bonds. The molecule has 1 aromatic carbocycles. The van der Waals surface area contributed by atoms with Crippen LogP contribution in [-0.2, 0) is 12.8 Å². The lowest BCUT2D eigenvalue weighted by molar-refractivity contribution is 0.583. The fourth-order valence-corrected chi connectivity index (χ4v) is 1.60. The van der Waals surface area contributed by atoms with E-state index in [4.69, 9.17) is 0 Å². The van der Waals surface area contributed by atoms with Crippen LogP contribution in [0.25, 0.3) is 0 Å². The van der Waals surface area contributed by atoms with Crippen LogP contribution in [0.15, 0.2) is 33.9 Å². The molecule has 1 heterocycles. The molecule has 0 spiro atoms. The van der Waals surface area contributed by atoms with E-state index in [0.29, 0.717) is 12.1 Å². The summed E-state index contributed by atoms with van der Waals surface area (Å²) in [6.07, 6.45) is 0.526. The summed E-state index contributed by atoms with van der Waals surface area (Å²) in [5, 5.41) is 4.70. The molecule has 0 aliphatic carbocycles. The van der Waals surface area contributed by atoms with Gasteiger partial charge in [0.15, 0.2) is 0 Å². The van der Waals surface area contributed by atoms with E-state index in [-0.39, 0.29) is 12.0 Å². The highest BCUT2D eigenvalue weighted by Gasteiger charge is 2.05. The largest absolute Gasteiger partial charge is 0.310 e. The van der Waals surface area contributed by atoms with Crippen LogP contribution in [0.3, 0.4) is 0 Å². The first-order chi connectivity index (χ1) is 8.56. The molecule has 2 rings (SSSR count). The molecule has 6 heteroatoms. The zero-order valence-corrected chi connectivity index (χ0v) is 9.30. The summed E-state index contributed by atoms with van der Waals surface area (Å²) in [7, 11) is 0. The molecule has 2 N–H and O–H groups in total. The molecule has 0 saturated carbocycles. The van der Waals surface area contributed by atoms with E-state index in [1.54, 1.807) is 0 Å². The number of aromatic nitrogens is 2. The number of aryl methyl sites for hydroxylation is 2. The van der Waals surface area contributed by atoms with Gasteiger partial charge in [-0.15, -0.1) is 0 Å². The van der Waals surface area contributed by atoms with Crippen molar-refractivity contribution in [3.8, 4) is 0 Å². The molecule has 94 valence electrons. The average molecular weight is 252 g/mol. The van der Waals surface area contributed by atoms with E-state index >= 15 is 0 Å². The second-order valence-electron chi connectivity index (χ2n) is 3.85. The number of rotatable bonds is 3. The Bertz CT molecular complexity index is 676. The van der Waals surface area contributed by atoms with Gasteiger partial charge in [0.1, 0.15) is 11.6 Å².